The minimum absolute atomic E-state index is 0.144. The summed E-state index contributed by atoms with van der Waals surface area (Å²) in [6, 6.07) is 11.2. The van der Waals surface area contributed by atoms with E-state index in [9.17, 15) is 9.18 Å². The van der Waals surface area contributed by atoms with E-state index in [4.69, 9.17) is 0 Å². The second-order valence-corrected chi connectivity index (χ2v) is 4.49. The lowest BCUT2D eigenvalue weighted by Crippen LogP contribution is -2.28. The summed E-state index contributed by atoms with van der Waals surface area (Å²) in [5, 5.41) is 5.10. The number of nitrogens with zero attached hydrogens (tertiary/aromatic N) is 2. The number of nitrogens with one attached hydrogen (secondary N) is 2. The zero-order valence-corrected chi connectivity index (χ0v) is 11.1. The number of carbonyl (C=O) groups is 1. The van der Waals surface area contributed by atoms with Gasteiger partial charge in [-0.25, -0.2) is 14.2 Å². The Kier molecular flexibility index (Phi) is 3.51. The summed E-state index contributed by atoms with van der Waals surface area (Å²) in [4.78, 5) is 16.1. The largest absolute Gasteiger partial charge is 0.332 e. The smallest absolute Gasteiger partial charge is 0.319 e. The van der Waals surface area contributed by atoms with Crippen molar-refractivity contribution in [2.45, 2.75) is 6.54 Å². The zero-order chi connectivity index (χ0) is 14.7. The van der Waals surface area contributed by atoms with Crippen LogP contribution in [0.4, 0.5) is 14.9 Å². The first kappa shape index (κ1) is 13.1. The highest BCUT2D eigenvalue weighted by Gasteiger charge is 2.07. The molecule has 0 saturated heterocycles. The SMILES string of the molecule is O=C(NCc1cn2ccccc2n1)Nc1ccccc1F. The minimum Gasteiger partial charge on any atom is -0.332 e. The van der Waals surface area contributed by atoms with Gasteiger partial charge in [0.05, 0.1) is 17.9 Å². The van der Waals surface area contributed by atoms with Crippen LogP contribution in [-0.4, -0.2) is 15.4 Å². The molecule has 0 fully saturated rings. The average molecular weight is 284 g/mol. The molecular formula is C15H13FN4O. The van der Waals surface area contributed by atoms with Gasteiger partial charge in [0.15, 0.2) is 0 Å². The molecule has 1 aromatic carbocycles. The second kappa shape index (κ2) is 5.62. The van der Waals surface area contributed by atoms with Crippen LogP contribution in [0.15, 0.2) is 54.9 Å². The summed E-state index contributed by atoms with van der Waals surface area (Å²) < 4.78 is 15.3. The van der Waals surface area contributed by atoms with E-state index in [2.05, 4.69) is 15.6 Å². The van der Waals surface area contributed by atoms with Crippen molar-refractivity contribution in [2.24, 2.45) is 0 Å². The van der Waals surface area contributed by atoms with E-state index < -0.39 is 11.8 Å². The van der Waals surface area contributed by atoms with Crippen molar-refractivity contribution < 1.29 is 9.18 Å². The maximum atomic E-state index is 13.4. The number of para-hydroxylation sites is 1. The van der Waals surface area contributed by atoms with Crippen molar-refractivity contribution in [3.05, 3.63) is 66.4 Å². The Morgan fingerprint density at radius 2 is 2.00 bits per heavy atom. The van der Waals surface area contributed by atoms with Gasteiger partial charge in [-0.3, -0.25) is 0 Å². The fourth-order valence-corrected chi connectivity index (χ4v) is 1.97. The van der Waals surface area contributed by atoms with Crippen LogP contribution in [0, 0.1) is 5.82 Å². The molecule has 0 aliphatic heterocycles. The minimum atomic E-state index is -0.475. The number of anilines is 1. The number of rotatable bonds is 3. The summed E-state index contributed by atoms with van der Waals surface area (Å²) >= 11 is 0. The van der Waals surface area contributed by atoms with E-state index in [0.717, 1.165) is 11.3 Å². The van der Waals surface area contributed by atoms with Crippen LogP contribution in [0.1, 0.15) is 5.69 Å². The number of hydrogen-bond acceptors (Lipinski definition) is 2. The number of pyridine rings is 1. The van der Waals surface area contributed by atoms with Crippen molar-refractivity contribution >= 4 is 17.4 Å². The predicted octanol–water partition coefficient (Wildman–Crippen LogP) is 2.80. The van der Waals surface area contributed by atoms with Crippen molar-refractivity contribution in [3.8, 4) is 0 Å². The van der Waals surface area contributed by atoms with E-state index >= 15 is 0 Å². The summed E-state index contributed by atoms with van der Waals surface area (Å²) in [7, 11) is 0. The van der Waals surface area contributed by atoms with Gasteiger partial charge in [0, 0.05) is 12.4 Å². The molecule has 0 saturated carbocycles. The molecule has 0 bridgehead atoms. The monoisotopic (exact) mass is 284 g/mol. The van der Waals surface area contributed by atoms with Crippen LogP contribution in [0.2, 0.25) is 0 Å². The Labute approximate surface area is 120 Å². The number of aromatic nitrogens is 2. The van der Waals surface area contributed by atoms with Crippen LogP contribution in [0.5, 0.6) is 0 Å². The fourth-order valence-electron chi connectivity index (χ4n) is 1.97. The standard InChI is InChI=1S/C15H13FN4O/c16-12-5-1-2-6-13(12)19-15(21)17-9-11-10-20-8-4-3-7-14(20)18-11/h1-8,10H,9H2,(H2,17,19,21). The van der Waals surface area contributed by atoms with Crippen molar-refractivity contribution in [3.63, 3.8) is 0 Å². The molecule has 3 rings (SSSR count). The number of urea groups is 1. The van der Waals surface area contributed by atoms with Gasteiger partial charge < -0.3 is 15.0 Å². The third-order valence-corrected chi connectivity index (χ3v) is 2.97. The number of imidazole rings is 1. The maximum Gasteiger partial charge on any atom is 0.319 e. The van der Waals surface area contributed by atoms with Crippen LogP contribution in [-0.2, 0) is 6.54 Å². The Morgan fingerprint density at radius 1 is 1.19 bits per heavy atom. The molecule has 2 heterocycles. The molecule has 2 aromatic heterocycles. The lowest BCUT2D eigenvalue weighted by Gasteiger charge is -2.06. The molecule has 0 aliphatic carbocycles. The van der Waals surface area contributed by atoms with E-state index in [-0.39, 0.29) is 12.2 Å². The molecule has 2 N–H and O–H groups in total. The number of halogens is 1. The van der Waals surface area contributed by atoms with Crippen LogP contribution in [0.25, 0.3) is 5.65 Å². The predicted molar refractivity (Wildman–Crippen MR) is 77.5 cm³/mol. The molecule has 0 radical (unpaired) electrons. The molecule has 2 amide bonds. The number of carbonyl (C=O) groups excluding carboxylic acids is 1. The van der Waals surface area contributed by atoms with E-state index in [1.807, 2.05) is 35.0 Å². The normalized spacial score (nSPS) is 10.5. The van der Waals surface area contributed by atoms with E-state index in [0.29, 0.717) is 0 Å². The Bertz CT molecular complexity index is 751. The van der Waals surface area contributed by atoms with Crippen molar-refractivity contribution in [2.75, 3.05) is 5.32 Å². The zero-order valence-electron chi connectivity index (χ0n) is 11.1. The van der Waals surface area contributed by atoms with E-state index in [1.165, 1.54) is 12.1 Å². The topological polar surface area (TPSA) is 58.4 Å². The van der Waals surface area contributed by atoms with Crippen LogP contribution in [0.3, 0.4) is 0 Å². The summed E-state index contributed by atoms with van der Waals surface area (Å²) in [6.45, 7) is 0.266. The summed E-state index contributed by atoms with van der Waals surface area (Å²) in [5.74, 6) is -0.472. The van der Waals surface area contributed by atoms with Gasteiger partial charge in [-0.2, -0.15) is 0 Å². The molecule has 0 atom stereocenters. The average Bonchev–Trinajstić information content (AvgIpc) is 2.90. The summed E-state index contributed by atoms with van der Waals surface area (Å²) in [5.41, 5.74) is 1.68. The third-order valence-electron chi connectivity index (χ3n) is 2.97. The van der Waals surface area contributed by atoms with Gasteiger partial charge in [0.1, 0.15) is 11.5 Å². The number of hydrogen-bond donors (Lipinski definition) is 2. The first-order valence-electron chi connectivity index (χ1n) is 6.44. The molecule has 0 aliphatic rings. The van der Waals surface area contributed by atoms with Crippen molar-refractivity contribution in [1.29, 1.82) is 0 Å². The van der Waals surface area contributed by atoms with Gasteiger partial charge in [-0.15, -0.1) is 0 Å². The van der Waals surface area contributed by atoms with Crippen LogP contribution >= 0.6 is 0 Å². The van der Waals surface area contributed by atoms with Gasteiger partial charge in [-0.1, -0.05) is 18.2 Å². The molecule has 106 valence electrons. The number of benzene rings is 1. The molecule has 5 nitrogen and oxygen atoms in total. The molecule has 3 aromatic rings. The van der Waals surface area contributed by atoms with Gasteiger partial charge in [0.25, 0.3) is 0 Å². The molecule has 21 heavy (non-hydrogen) atoms. The molecule has 6 heteroatoms. The highest BCUT2D eigenvalue weighted by atomic mass is 19.1. The highest BCUT2D eigenvalue weighted by Crippen LogP contribution is 2.12. The first-order valence-corrected chi connectivity index (χ1v) is 6.44. The van der Waals surface area contributed by atoms with Crippen LogP contribution < -0.4 is 10.6 Å². The molecular weight excluding hydrogens is 271 g/mol. The lowest BCUT2D eigenvalue weighted by atomic mass is 10.3. The van der Waals surface area contributed by atoms with Gasteiger partial charge in [-0.05, 0) is 24.3 Å². The quantitative estimate of drug-likeness (QED) is 0.777. The maximum absolute atomic E-state index is 13.4. The second-order valence-electron chi connectivity index (χ2n) is 4.49. The van der Waals surface area contributed by atoms with Gasteiger partial charge >= 0.3 is 6.03 Å². The summed E-state index contributed by atoms with van der Waals surface area (Å²) in [6.07, 6.45) is 3.71. The Morgan fingerprint density at radius 3 is 2.81 bits per heavy atom. The third kappa shape index (κ3) is 3.00. The van der Waals surface area contributed by atoms with E-state index in [1.54, 1.807) is 12.1 Å². The highest BCUT2D eigenvalue weighted by molar-refractivity contribution is 5.89. The Hall–Kier alpha value is -2.89. The number of amides is 2. The van der Waals surface area contributed by atoms with Gasteiger partial charge in [0.2, 0.25) is 0 Å². The molecule has 0 unspecified atom stereocenters. The molecule has 0 spiro atoms. The van der Waals surface area contributed by atoms with Crippen molar-refractivity contribution in [1.82, 2.24) is 14.7 Å². The Balaban J connectivity index is 1.62. The fraction of sp³-hybridized carbons (Fsp3) is 0.0667. The number of fused-ring (bicyclic) bond motifs is 1. The lowest BCUT2D eigenvalue weighted by molar-refractivity contribution is 0.251. The first-order chi connectivity index (χ1) is 10.2.